The van der Waals surface area contributed by atoms with Crippen LogP contribution in [0.4, 0.5) is 0 Å². The van der Waals surface area contributed by atoms with Gasteiger partial charge in [-0.05, 0) is 0 Å². The van der Waals surface area contributed by atoms with Gasteiger partial charge in [-0.25, -0.2) is 72.8 Å². The standard InChI is InChI=1S/6C5H5.2Fe.Ti/c6*1-2-4-5-3-1;;;/h6*1-5H;;;/q6*-1;3*+2. The van der Waals surface area contributed by atoms with E-state index in [0.29, 0.717) is 0 Å². The topological polar surface area (TPSA) is 0 Å². The van der Waals surface area contributed by atoms with Gasteiger partial charge < -0.3 is 0 Å². The van der Waals surface area contributed by atoms with Crippen molar-refractivity contribution in [1.82, 2.24) is 0 Å². The van der Waals surface area contributed by atoms with Gasteiger partial charge in [0.05, 0.1) is 0 Å². The number of rotatable bonds is 0. The molecule has 0 spiro atoms. The SMILES string of the molecule is [Fe+2].[Fe+2].[Ti+2].c1cc[cH-]c1.c1cc[cH-]c1.c1cc[cH-]c1.c1cc[cH-]c1.c1cc[cH-]c1.c1cc[cH-]c1. The molecule has 6 rings (SSSR count). The zero-order valence-electron chi connectivity index (χ0n) is 18.5. The Morgan fingerprint density at radius 2 is 0.303 bits per heavy atom. The molecule has 0 aliphatic rings. The fourth-order valence-electron chi connectivity index (χ4n) is 1.92. The van der Waals surface area contributed by atoms with E-state index in [1.54, 1.807) is 0 Å². The van der Waals surface area contributed by atoms with E-state index in [0.717, 1.165) is 0 Å². The van der Waals surface area contributed by atoms with Crippen LogP contribution in [-0.2, 0) is 55.9 Å². The van der Waals surface area contributed by atoms with Crippen molar-refractivity contribution in [2.45, 2.75) is 0 Å². The first-order valence-electron chi connectivity index (χ1n) is 10.0. The van der Waals surface area contributed by atoms with Crippen LogP contribution < -0.4 is 0 Å². The van der Waals surface area contributed by atoms with Gasteiger partial charge in [-0.15, -0.1) is 0 Å². The summed E-state index contributed by atoms with van der Waals surface area (Å²) < 4.78 is 0. The molecular weight excluding hydrogens is 520 g/mol. The Morgan fingerprint density at radius 3 is 0.333 bits per heavy atom. The van der Waals surface area contributed by atoms with E-state index < -0.39 is 0 Å². The summed E-state index contributed by atoms with van der Waals surface area (Å²) in [4.78, 5) is 0. The van der Waals surface area contributed by atoms with Gasteiger partial charge in [0.25, 0.3) is 0 Å². The van der Waals surface area contributed by atoms with Gasteiger partial charge in [0, 0.05) is 0 Å². The van der Waals surface area contributed by atoms with Crippen molar-refractivity contribution in [3.05, 3.63) is 182 Å². The molecule has 0 saturated carbocycles. The molecule has 0 saturated heterocycles. The fourth-order valence-corrected chi connectivity index (χ4v) is 1.92. The van der Waals surface area contributed by atoms with Gasteiger partial charge in [0.2, 0.25) is 0 Å². The van der Waals surface area contributed by atoms with Crippen LogP contribution in [0.2, 0.25) is 0 Å². The van der Waals surface area contributed by atoms with Crippen LogP contribution in [-0.4, -0.2) is 0 Å². The van der Waals surface area contributed by atoms with Crippen molar-refractivity contribution < 1.29 is 55.9 Å². The monoisotopic (exact) mass is 550 g/mol. The van der Waals surface area contributed by atoms with Gasteiger partial charge >= 0.3 is 55.9 Å². The van der Waals surface area contributed by atoms with Gasteiger partial charge in [-0.3, -0.25) is 0 Å². The quantitative estimate of drug-likeness (QED) is 0.132. The van der Waals surface area contributed by atoms with Crippen molar-refractivity contribution in [3.63, 3.8) is 0 Å². The summed E-state index contributed by atoms with van der Waals surface area (Å²) in [7, 11) is 0. The number of hydrogen-bond acceptors (Lipinski definition) is 0. The minimum absolute atomic E-state index is 0. The van der Waals surface area contributed by atoms with Crippen LogP contribution in [0.3, 0.4) is 0 Å². The molecule has 6 aromatic carbocycles. The van der Waals surface area contributed by atoms with Crippen LogP contribution in [0, 0.1) is 0 Å². The Bertz CT molecular complexity index is 560. The second kappa shape index (κ2) is 32.0. The second-order valence-corrected chi connectivity index (χ2v) is 5.77. The van der Waals surface area contributed by atoms with E-state index in [1.807, 2.05) is 182 Å². The summed E-state index contributed by atoms with van der Waals surface area (Å²) in [6.45, 7) is 0. The summed E-state index contributed by atoms with van der Waals surface area (Å²) in [5.41, 5.74) is 0. The molecular formula is C30H30Fe2Ti. The molecule has 6 aromatic rings. The van der Waals surface area contributed by atoms with Crippen LogP contribution >= 0.6 is 0 Å². The smallest absolute Gasteiger partial charge is 0.214 e. The Labute approximate surface area is 236 Å². The van der Waals surface area contributed by atoms with E-state index in [-0.39, 0.29) is 55.9 Å². The first-order valence-corrected chi connectivity index (χ1v) is 10.0. The van der Waals surface area contributed by atoms with E-state index in [1.165, 1.54) is 0 Å². The molecule has 33 heavy (non-hydrogen) atoms. The van der Waals surface area contributed by atoms with Crippen molar-refractivity contribution in [2.75, 3.05) is 0 Å². The first kappa shape index (κ1) is 35.4. The molecule has 0 radical (unpaired) electrons. The first-order chi connectivity index (χ1) is 15.0. The van der Waals surface area contributed by atoms with Crippen molar-refractivity contribution >= 4 is 0 Å². The number of hydrogen-bond donors (Lipinski definition) is 0. The van der Waals surface area contributed by atoms with Crippen LogP contribution in [0.15, 0.2) is 182 Å². The molecule has 0 aromatic heterocycles. The maximum Gasteiger partial charge on any atom is 2.00 e. The zero-order chi connectivity index (χ0) is 21.2. The summed E-state index contributed by atoms with van der Waals surface area (Å²) in [5, 5.41) is 0. The minimum atomic E-state index is 0. The third-order valence-electron chi connectivity index (χ3n) is 3.33. The third kappa shape index (κ3) is 29.9. The van der Waals surface area contributed by atoms with Crippen molar-refractivity contribution in [2.24, 2.45) is 0 Å². The maximum absolute atomic E-state index is 2.00. The van der Waals surface area contributed by atoms with Crippen LogP contribution in [0.5, 0.6) is 0 Å². The molecule has 0 atom stereocenters. The zero-order valence-corrected chi connectivity index (χ0v) is 22.3. The molecule has 0 unspecified atom stereocenters. The van der Waals surface area contributed by atoms with Crippen LogP contribution in [0.1, 0.15) is 0 Å². The molecule has 0 nitrogen and oxygen atoms in total. The Kier molecular flexibility index (Phi) is 34.4. The van der Waals surface area contributed by atoms with Gasteiger partial charge in [-0.1, -0.05) is 0 Å². The Morgan fingerprint density at radius 1 is 0.212 bits per heavy atom. The predicted octanol–water partition coefficient (Wildman–Crippen LogP) is 8.43. The van der Waals surface area contributed by atoms with Crippen molar-refractivity contribution in [1.29, 1.82) is 0 Å². The summed E-state index contributed by atoms with van der Waals surface area (Å²) in [5.74, 6) is 0. The van der Waals surface area contributed by atoms with E-state index in [2.05, 4.69) is 0 Å². The third-order valence-corrected chi connectivity index (χ3v) is 3.33. The van der Waals surface area contributed by atoms with E-state index in [9.17, 15) is 0 Å². The molecule has 0 amide bonds. The molecule has 0 aliphatic heterocycles. The summed E-state index contributed by atoms with van der Waals surface area (Å²) in [6, 6.07) is 60.0. The molecule has 0 N–H and O–H groups in total. The Balaban J connectivity index is -0.000000321. The van der Waals surface area contributed by atoms with Crippen molar-refractivity contribution in [3.8, 4) is 0 Å². The van der Waals surface area contributed by atoms with E-state index >= 15 is 0 Å². The normalized spacial score (nSPS) is 7.27. The van der Waals surface area contributed by atoms with Gasteiger partial charge in [0.1, 0.15) is 0 Å². The average Bonchev–Trinajstić information content (AvgIpc) is 3.69. The molecule has 3 heteroatoms. The average molecular weight is 550 g/mol. The summed E-state index contributed by atoms with van der Waals surface area (Å²) >= 11 is 0. The molecule has 0 heterocycles. The van der Waals surface area contributed by atoms with Gasteiger partial charge in [0.15, 0.2) is 0 Å². The largest absolute Gasteiger partial charge is 2.00 e. The fraction of sp³-hybridized carbons (Fsp3) is 0. The predicted molar refractivity (Wildman–Crippen MR) is 132 cm³/mol. The van der Waals surface area contributed by atoms with Crippen LogP contribution in [0.25, 0.3) is 0 Å². The summed E-state index contributed by atoms with van der Waals surface area (Å²) in [6.07, 6.45) is 0. The molecule has 0 fully saturated rings. The minimum Gasteiger partial charge on any atom is -0.214 e. The molecule has 170 valence electrons. The Hall–Kier alpha value is -2.15. The molecule has 0 aliphatic carbocycles. The molecule has 0 bridgehead atoms. The van der Waals surface area contributed by atoms with E-state index in [4.69, 9.17) is 0 Å². The van der Waals surface area contributed by atoms with Gasteiger partial charge in [-0.2, -0.15) is 109 Å². The second-order valence-electron chi connectivity index (χ2n) is 5.77. The maximum atomic E-state index is 2.00.